The van der Waals surface area contributed by atoms with Crippen LogP contribution in [-0.4, -0.2) is 43.4 Å². The highest BCUT2D eigenvalue weighted by molar-refractivity contribution is 5.67. The molecule has 1 amide bonds. The van der Waals surface area contributed by atoms with Gasteiger partial charge in [-0.3, -0.25) is 0 Å². The van der Waals surface area contributed by atoms with Gasteiger partial charge in [-0.05, 0) is 42.7 Å². The Bertz CT molecular complexity index is 762. The van der Waals surface area contributed by atoms with Gasteiger partial charge in [0, 0.05) is 20.1 Å². The van der Waals surface area contributed by atoms with Crippen LogP contribution in [0.1, 0.15) is 23.1 Å². The SMILES string of the molecule is CO[C@H]1CN(C(=O)OCc2ccccc2)CC[C@@H]1Oc1ccc(C)c(C)c1. The Morgan fingerprint density at radius 3 is 2.56 bits per heavy atom. The molecule has 1 saturated heterocycles. The second kappa shape index (κ2) is 8.91. The van der Waals surface area contributed by atoms with E-state index in [2.05, 4.69) is 19.9 Å². The molecule has 1 aliphatic heterocycles. The Morgan fingerprint density at radius 1 is 1.07 bits per heavy atom. The lowest BCUT2D eigenvalue weighted by atomic mass is 10.0. The van der Waals surface area contributed by atoms with E-state index in [1.54, 1.807) is 12.0 Å². The van der Waals surface area contributed by atoms with Gasteiger partial charge >= 0.3 is 6.09 Å². The van der Waals surface area contributed by atoms with Gasteiger partial charge in [-0.1, -0.05) is 36.4 Å². The molecule has 0 unspecified atom stereocenters. The number of likely N-dealkylation sites (tertiary alicyclic amines) is 1. The lowest BCUT2D eigenvalue weighted by Gasteiger charge is -2.37. The van der Waals surface area contributed by atoms with E-state index in [9.17, 15) is 4.79 Å². The van der Waals surface area contributed by atoms with Gasteiger partial charge < -0.3 is 19.1 Å². The molecule has 1 fully saturated rings. The Morgan fingerprint density at radius 2 is 1.85 bits per heavy atom. The molecule has 0 N–H and O–H groups in total. The largest absolute Gasteiger partial charge is 0.488 e. The van der Waals surface area contributed by atoms with Gasteiger partial charge in [0.25, 0.3) is 0 Å². The number of hydrogen-bond donors (Lipinski definition) is 0. The molecular weight excluding hydrogens is 342 g/mol. The fraction of sp³-hybridized carbons (Fsp3) is 0.409. The summed E-state index contributed by atoms with van der Waals surface area (Å²) < 4.78 is 17.2. The van der Waals surface area contributed by atoms with Gasteiger partial charge in [-0.15, -0.1) is 0 Å². The van der Waals surface area contributed by atoms with Crippen molar-refractivity contribution in [1.29, 1.82) is 0 Å². The van der Waals surface area contributed by atoms with Crippen LogP contribution < -0.4 is 4.74 Å². The molecule has 0 saturated carbocycles. The lowest BCUT2D eigenvalue weighted by molar-refractivity contribution is -0.0475. The molecule has 27 heavy (non-hydrogen) atoms. The predicted octanol–water partition coefficient (Wildman–Crippen LogP) is 4.11. The van der Waals surface area contributed by atoms with Gasteiger partial charge in [-0.2, -0.15) is 0 Å². The van der Waals surface area contributed by atoms with E-state index in [1.807, 2.05) is 42.5 Å². The van der Waals surface area contributed by atoms with Crippen molar-refractivity contribution >= 4 is 6.09 Å². The first-order valence-electron chi connectivity index (χ1n) is 9.29. The molecule has 0 bridgehead atoms. The van der Waals surface area contributed by atoms with Crippen molar-refractivity contribution in [2.24, 2.45) is 0 Å². The van der Waals surface area contributed by atoms with Crippen LogP contribution in [0.25, 0.3) is 0 Å². The molecule has 2 atom stereocenters. The van der Waals surface area contributed by atoms with Crippen LogP contribution >= 0.6 is 0 Å². The molecule has 1 aliphatic rings. The molecule has 144 valence electrons. The van der Waals surface area contributed by atoms with E-state index >= 15 is 0 Å². The number of ether oxygens (including phenoxy) is 3. The number of carbonyl (C=O) groups excluding carboxylic acids is 1. The number of amides is 1. The molecule has 0 aliphatic carbocycles. The third-order valence-corrected chi connectivity index (χ3v) is 5.03. The summed E-state index contributed by atoms with van der Waals surface area (Å²) in [5.74, 6) is 0.838. The highest BCUT2D eigenvalue weighted by atomic mass is 16.6. The predicted molar refractivity (Wildman–Crippen MR) is 104 cm³/mol. The maximum Gasteiger partial charge on any atom is 0.410 e. The third-order valence-electron chi connectivity index (χ3n) is 5.03. The first kappa shape index (κ1) is 19.2. The zero-order chi connectivity index (χ0) is 19.2. The van der Waals surface area contributed by atoms with Crippen LogP contribution in [-0.2, 0) is 16.1 Å². The van der Waals surface area contributed by atoms with Crippen molar-refractivity contribution in [3.8, 4) is 5.75 Å². The number of carbonyl (C=O) groups is 1. The molecule has 0 aromatic heterocycles. The quantitative estimate of drug-likeness (QED) is 0.796. The summed E-state index contributed by atoms with van der Waals surface area (Å²) in [5.41, 5.74) is 3.41. The lowest BCUT2D eigenvalue weighted by Crippen LogP contribution is -2.51. The first-order valence-corrected chi connectivity index (χ1v) is 9.29. The monoisotopic (exact) mass is 369 g/mol. The second-order valence-electron chi connectivity index (χ2n) is 6.95. The van der Waals surface area contributed by atoms with E-state index in [-0.39, 0.29) is 24.9 Å². The summed E-state index contributed by atoms with van der Waals surface area (Å²) in [5, 5.41) is 0. The topological polar surface area (TPSA) is 48.0 Å². The molecule has 0 radical (unpaired) electrons. The van der Waals surface area contributed by atoms with Gasteiger partial charge in [0.2, 0.25) is 0 Å². The number of hydrogen-bond acceptors (Lipinski definition) is 4. The molecule has 3 rings (SSSR count). The molecule has 1 heterocycles. The normalized spacial score (nSPS) is 19.6. The first-order chi connectivity index (χ1) is 13.1. The van der Waals surface area contributed by atoms with E-state index < -0.39 is 0 Å². The molecule has 5 heteroatoms. The van der Waals surface area contributed by atoms with Gasteiger partial charge in [0.05, 0.1) is 6.54 Å². The minimum atomic E-state index is -0.314. The summed E-state index contributed by atoms with van der Waals surface area (Å²) in [4.78, 5) is 14.1. The van der Waals surface area contributed by atoms with Crippen molar-refractivity contribution < 1.29 is 19.0 Å². The van der Waals surface area contributed by atoms with Crippen LogP contribution in [0, 0.1) is 13.8 Å². The molecule has 2 aromatic rings. The van der Waals surface area contributed by atoms with Crippen molar-refractivity contribution in [2.45, 2.75) is 39.1 Å². The smallest absolute Gasteiger partial charge is 0.410 e. The average molecular weight is 369 g/mol. The van der Waals surface area contributed by atoms with E-state index in [1.165, 1.54) is 11.1 Å². The van der Waals surface area contributed by atoms with Gasteiger partial charge in [0.15, 0.2) is 0 Å². The number of nitrogens with zero attached hydrogens (tertiary/aromatic N) is 1. The van der Waals surface area contributed by atoms with Crippen molar-refractivity contribution in [3.63, 3.8) is 0 Å². The molecule has 0 spiro atoms. The number of aryl methyl sites for hydroxylation is 2. The number of rotatable bonds is 5. The molecule has 2 aromatic carbocycles. The van der Waals surface area contributed by atoms with Crippen LogP contribution in [0.3, 0.4) is 0 Å². The second-order valence-corrected chi connectivity index (χ2v) is 6.95. The van der Waals surface area contributed by atoms with Crippen molar-refractivity contribution in [3.05, 3.63) is 65.2 Å². The summed E-state index contributed by atoms with van der Waals surface area (Å²) in [6.07, 6.45) is 0.108. The zero-order valence-electron chi connectivity index (χ0n) is 16.2. The van der Waals surface area contributed by atoms with Gasteiger partial charge in [-0.25, -0.2) is 4.79 Å². The van der Waals surface area contributed by atoms with Crippen LogP contribution in [0.15, 0.2) is 48.5 Å². The maximum atomic E-state index is 12.4. The number of benzene rings is 2. The Balaban J connectivity index is 1.55. The highest BCUT2D eigenvalue weighted by Gasteiger charge is 2.33. The minimum absolute atomic E-state index is 0.0877. The standard InChI is InChI=1S/C22H27NO4/c1-16-9-10-19(13-17(16)2)27-20-11-12-23(14-21(20)25-3)22(24)26-15-18-7-5-4-6-8-18/h4-10,13,20-21H,11-12,14-15H2,1-3H3/t20-,21-/m0/s1. The van der Waals surface area contributed by atoms with Crippen LogP contribution in [0.5, 0.6) is 5.75 Å². The number of methoxy groups -OCH3 is 1. The van der Waals surface area contributed by atoms with Crippen molar-refractivity contribution in [1.82, 2.24) is 4.90 Å². The maximum absolute atomic E-state index is 12.4. The third kappa shape index (κ3) is 5.01. The van der Waals surface area contributed by atoms with Gasteiger partial charge in [0.1, 0.15) is 24.6 Å². The highest BCUT2D eigenvalue weighted by Crippen LogP contribution is 2.23. The molecule has 5 nitrogen and oxygen atoms in total. The summed E-state index contributed by atoms with van der Waals surface area (Å²) in [7, 11) is 1.65. The summed E-state index contributed by atoms with van der Waals surface area (Å²) >= 11 is 0. The minimum Gasteiger partial charge on any atom is -0.488 e. The fourth-order valence-electron chi connectivity index (χ4n) is 3.19. The Labute approximate surface area is 160 Å². The average Bonchev–Trinajstić information content (AvgIpc) is 2.70. The number of piperidine rings is 1. The molecular formula is C22H27NO4. The van der Waals surface area contributed by atoms with E-state index in [0.717, 1.165) is 11.3 Å². The summed E-state index contributed by atoms with van der Waals surface area (Å²) in [6.45, 7) is 5.47. The zero-order valence-corrected chi connectivity index (χ0v) is 16.2. The summed E-state index contributed by atoms with van der Waals surface area (Å²) in [6, 6.07) is 15.8. The Hall–Kier alpha value is -2.53. The van der Waals surface area contributed by atoms with Crippen LogP contribution in [0.2, 0.25) is 0 Å². The Kier molecular flexibility index (Phi) is 6.35. The fourth-order valence-corrected chi connectivity index (χ4v) is 3.19. The van der Waals surface area contributed by atoms with Crippen LogP contribution in [0.4, 0.5) is 4.79 Å². The van der Waals surface area contributed by atoms with E-state index in [4.69, 9.17) is 14.2 Å². The van der Waals surface area contributed by atoms with E-state index in [0.29, 0.717) is 19.5 Å². The van der Waals surface area contributed by atoms with Crippen molar-refractivity contribution in [2.75, 3.05) is 20.2 Å².